The van der Waals surface area contributed by atoms with Crippen molar-refractivity contribution in [1.29, 1.82) is 0 Å². The molecule has 0 fully saturated rings. The number of rotatable bonds is 5. The highest BCUT2D eigenvalue weighted by atomic mass is 19.1. The van der Waals surface area contributed by atoms with Crippen molar-refractivity contribution in [3.8, 4) is 0 Å². The van der Waals surface area contributed by atoms with Gasteiger partial charge in [-0.2, -0.15) is 0 Å². The summed E-state index contributed by atoms with van der Waals surface area (Å²) >= 11 is 0. The minimum Gasteiger partial charge on any atom is -0.349 e. The zero-order valence-electron chi connectivity index (χ0n) is 11.8. The van der Waals surface area contributed by atoms with Gasteiger partial charge in [-0.25, -0.2) is 13.8 Å². The molecule has 0 saturated heterocycles. The van der Waals surface area contributed by atoms with E-state index in [1.165, 1.54) is 12.1 Å². The molecule has 1 heterocycles. The van der Waals surface area contributed by atoms with Crippen LogP contribution in [0, 0.1) is 11.6 Å². The summed E-state index contributed by atoms with van der Waals surface area (Å²) in [4.78, 5) is 15.9. The van der Waals surface area contributed by atoms with E-state index in [9.17, 15) is 13.6 Å². The van der Waals surface area contributed by atoms with Crippen LogP contribution in [0.3, 0.4) is 0 Å². The van der Waals surface area contributed by atoms with E-state index in [4.69, 9.17) is 0 Å². The Bertz CT molecular complexity index is 619. The monoisotopic (exact) mass is 294 g/mol. The second kappa shape index (κ2) is 6.43. The fourth-order valence-electron chi connectivity index (χ4n) is 1.79. The van der Waals surface area contributed by atoms with E-state index in [1.54, 1.807) is 0 Å². The Morgan fingerprint density at radius 2 is 1.95 bits per heavy atom. The smallest absolute Gasteiger partial charge is 0.290 e. The zero-order chi connectivity index (χ0) is 15.4. The van der Waals surface area contributed by atoms with Crippen LogP contribution in [0.4, 0.5) is 8.78 Å². The van der Waals surface area contributed by atoms with Gasteiger partial charge in [0.2, 0.25) is 5.82 Å². The number of halogens is 2. The molecule has 1 amide bonds. The first-order valence-electron chi connectivity index (χ1n) is 6.61. The Kier molecular flexibility index (Phi) is 4.62. The highest BCUT2D eigenvalue weighted by Crippen LogP contribution is 2.09. The summed E-state index contributed by atoms with van der Waals surface area (Å²) in [5.41, 5.74) is 0.477. The van der Waals surface area contributed by atoms with E-state index in [2.05, 4.69) is 20.5 Å². The molecule has 0 unspecified atom stereocenters. The minimum absolute atomic E-state index is 0.0594. The molecule has 21 heavy (non-hydrogen) atoms. The molecule has 2 rings (SSSR count). The van der Waals surface area contributed by atoms with E-state index in [-0.39, 0.29) is 18.3 Å². The number of hydrogen-bond donors (Lipinski definition) is 2. The molecule has 5 nitrogen and oxygen atoms in total. The molecule has 0 bridgehead atoms. The maximum absolute atomic E-state index is 13.0. The molecule has 0 aliphatic heterocycles. The van der Waals surface area contributed by atoms with Crippen LogP contribution in [0.1, 0.15) is 41.8 Å². The molecule has 2 N–H and O–H groups in total. The number of aromatic amines is 1. The molecule has 7 heteroatoms. The molecule has 0 atom stereocenters. The third kappa shape index (κ3) is 4.08. The van der Waals surface area contributed by atoms with Crippen LogP contribution < -0.4 is 5.32 Å². The first-order chi connectivity index (χ1) is 9.95. The maximum Gasteiger partial charge on any atom is 0.290 e. The first-order valence-corrected chi connectivity index (χ1v) is 6.61. The van der Waals surface area contributed by atoms with Gasteiger partial charge in [0.05, 0.1) is 0 Å². The lowest BCUT2D eigenvalue weighted by atomic mass is 10.1. The van der Waals surface area contributed by atoms with Gasteiger partial charge in [-0.3, -0.25) is 9.89 Å². The number of hydrogen-bond acceptors (Lipinski definition) is 3. The Balaban J connectivity index is 1.89. The van der Waals surface area contributed by atoms with Crippen molar-refractivity contribution in [1.82, 2.24) is 20.5 Å². The molecule has 1 aromatic heterocycles. The molecule has 0 radical (unpaired) electrons. The Hall–Kier alpha value is -2.31. The largest absolute Gasteiger partial charge is 0.349 e. The van der Waals surface area contributed by atoms with Crippen molar-refractivity contribution in [2.45, 2.75) is 26.2 Å². The van der Waals surface area contributed by atoms with Gasteiger partial charge in [0.1, 0.15) is 17.5 Å². The fraction of sp³-hybridized carbons (Fsp3) is 0.357. The van der Waals surface area contributed by atoms with Crippen LogP contribution in [0.5, 0.6) is 0 Å². The van der Waals surface area contributed by atoms with Crippen LogP contribution in [-0.2, 0) is 6.42 Å². The molecule has 0 aliphatic rings. The summed E-state index contributed by atoms with van der Waals surface area (Å²) in [6.45, 7) is 4.11. The van der Waals surface area contributed by atoms with Gasteiger partial charge in [-0.15, -0.1) is 5.10 Å². The molecule has 0 spiro atoms. The number of carbonyl (C=O) groups is 1. The van der Waals surface area contributed by atoms with Gasteiger partial charge in [-0.1, -0.05) is 13.8 Å². The number of amides is 1. The summed E-state index contributed by atoms with van der Waals surface area (Å²) < 4.78 is 26.0. The number of benzene rings is 1. The predicted octanol–water partition coefficient (Wildman–Crippen LogP) is 2.18. The Labute approximate surface area is 120 Å². The molecular weight excluding hydrogens is 278 g/mol. The van der Waals surface area contributed by atoms with Crippen LogP contribution in [0.2, 0.25) is 0 Å². The summed E-state index contributed by atoms with van der Waals surface area (Å²) in [7, 11) is 0. The van der Waals surface area contributed by atoms with Crippen molar-refractivity contribution in [3.63, 3.8) is 0 Å². The molecule has 2 aromatic rings. The second-order valence-corrected chi connectivity index (χ2v) is 4.98. The van der Waals surface area contributed by atoms with Gasteiger partial charge in [-0.05, 0) is 24.1 Å². The van der Waals surface area contributed by atoms with Crippen LogP contribution in [0.15, 0.2) is 18.2 Å². The normalized spacial score (nSPS) is 10.9. The standard InChI is InChI=1S/C14H16F2N4O/c1-8(2)12-18-13(20-19-12)14(21)17-4-3-9-5-10(15)7-11(16)6-9/h5-8H,3-4H2,1-2H3,(H,17,21)(H,18,19,20). The maximum atomic E-state index is 13.0. The molecule has 0 saturated carbocycles. The molecular formula is C14H16F2N4O. The van der Waals surface area contributed by atoms with Gasteiger partial charge < -0.3 is 5.32 Å². The average molecular weight is 294 g/mol. The summed E-state index contributed by atoms with van der Waals surface area (Å²) in [6, 6.07) is 3.28. The first kappa shape index (κ1) is 15.1. The van der Waals surface area contributed by atoms with Crippen molar-refractivity contribution in [3.05, 3.63) is 47.0 Å². The SMILES string of the molecule is CC(C)c1nc(C(=O)NCCc2cc(F)cc(F)c2)n[nH]1. The third-order valence-corrected chi connectivity index (χ3v) is 2.87. The second-order valence-electron chi connectivity index (χ2n) is 4.98. The quantitative estimate of drug-likeness (QED) is 0.888. The topological polar surface area (TPSA) is 70.7 Å². The average Bonchev–Trinajstić information content (AvgIpc) is 2.87. The summed E-state index contributed by atoms with van der Waals surface area (Å²) in [6.07, 6.45) is 0.321. The summed E-state index contributed by atoms with van der Waals surface area (Å²) in [5.74, 6) is -0.848. The van der Waals surface area contributed by atoms with Crippen molar-refractivity contribution in [2.75, 3.05) is 6.54 Å². The lowest BCUT2D eigenvalue weighted by Gasteiger charge is -2.03. The van der Waals surface area contributed by atoms with Crippen molar-refractivity contribution >= 4 is 5.91 Å². The highest BCUT2D eigenvalue weighted by molar-refractivity contribution is 5.90. The number of aromatic nitrogens is 3. The number of H-pyrrole nitrogens is 1. The third-order valence-electron chi connectivity index (χ3n) is 2.87. The van der Waals surface area contributed by atoms with E-state index in [0.717, 1.165) is 6.07 Å². The van der Waals surface area contributed by atoms with Gasteiger partial charge in [0.15, 0.2) is 0 Å². The molecule has 112 valence electrons. The molecule has 0 aliphatic carbocycles. The van der Waals surface area contributed by atoms with Crippen LogP contribution in [-0.4, -0.2) is 27.6 Å². The van der Waals surface area contributed by atoms with E-state index in [1.807, 2.05) is 13.8 Å². The van der Waals surface area contributed by atoms with Crippen molar-refractivity contribution in [2.24, 2.45) is 0 Å². The number of carbonyl (C=O) groups excluding carboxylic acids is 1. The highest BCUT2D eigenvalue weighted by Gasteiger charge is 2.13. The minimum atomic E-state index is -0.633. The Morgan fingerprint density at radius 1 is 1.29 bits per heavy atom. The van der Waals surface area contributed by atoms with Crippen LogP contribution >= 0.6 is 0 Å². The van der Waals surface area contributed by atoms with E-state index < -0.39 is 17.5 Å². The predicted molar refractivity (Wildman–Crippen MR) is 72.9 cm³/mol. The van der Waals surface area contributed by atoms with Gasteiger partial charge >= 0.3 is 0 Å². The van der Waals surface area contributed by atoms with Crippen LogP contribution in [0.25, 0.3) is 0 Å². The van der Waals surface area contributed by atoms with Gasteiger partial charge in [0, 0.05) is 18.5 Å². The Morgan fingerprint density at radius 3 is 2.52 bits per heavy atom. The fourth-order valence-corrected chi connectivity index (χ4v) is 1.79. The molecule has 1 aromatic carbocycles. The zero-order valence-corrected chi connectivity index (χ0v) is 11.8. The number of nitrogens with zero attached hydrogens (tertiary/aromatic N) is 2. The summed E-state index contributed by atoms with van der Waals surface area (Å²) in [5, 5.41) is 9.12. The van der Waals surface area contributed by atoms with Gasteiger partial charge in [0.25, 0.3) is 5.91 Å². The van der Waals surface area contributed by atoms with Crippen molar-refractivity contribution < 1.29 is 13.6 Å². The lowest BCUT2D eigenvalue weighted by molar-refractivity contribution is 0.0944. The van der Waals surface area contributed by atoms with E-state index in [0.29, 0.717) is 17.8 Å². The van der Waals surface area contributed by atoms with E-state index >= 15 is 0 Å². The lowest BCUT2D eigenvalue weighted by Crippen LogP contribution is -2.26. The number of nitrogens with one attached hydrogen (secondary N) is 2.